The monoisotopic (exact) mass is 280 g/mol. The van der Waals surface area contributed by atoms with Gasteiger partial charge in [-0.15, -0.1) is 0 Å². The Balaban J connectivity index is 2.17. The molecule has 2 unspecified atom stereocenters. The molecule has 0 aromatic carbocycles. The van der Waals surface area contributed by atoms with Crippen LogP contribution in [0, 0.1) is 12.8 Å². The van der Waals surface area contributed by atoms with Crippen LogP contribution in [0.1, 0.15) is 37.9 Å². The quantitative estimate of drug-likeness (QED) is 0.801. The fraction of sp³-hybridized carbons (Fsp3) is 0.800. The second-order valence-electron chi connectivity index (χ2n) is 5.97. The Hall–Kier alpha value is -1.07. The van der Waals surface area contributed by atoms with Gasteiger partial charge in [-0.3, -0.25) is 4.68 Å². The van der Waals surface area contributed by atoms with Crippen molar-refractivity contribution in [2.75, 3.05) is 24.5 Å². The van der Waals surface area contributed by atoms with Gasteiger partial charge in [0, 0.05) is 32.2 Å². The first-order valence-corrected chi connectivity index (χ1v) is 7.70. The third-order valence-electron chi connectivity index (χ3n) is 4.20. The van der Waals surface area contributed by atoms with Gasteiger partial charge in [-0.2, -0.15) is 5.10 Å². The molecule has 5 heteroatoms. The lowest BCUT2D eigenvalue weighted by Crippen LogP contribution is -2.43. The van der Waals surface area contributed by atoms with Crippen LogP contribution in [0.2, 0.25) is 0 Å². The summed E-state index contributed by atoms with van der Waals surface area (Å²) in [6.45, 7) is 10.1. The van der Waals surface area contributed by atoms with E-state index < -0.39 is 0 Å². The molecule has 0 amide bonds. The van der Waals surface area contributed by atoms with E-state index in [1.807, 2.05) is 11.7 Å². The molecule has 1 aliphatic rings. The largest absolute Gasteiger partial charge is 0.393 e. The van der Waals surface area contributed by atoms with E-state index in [0.29, 0.717) is 5.92 Å². The van der Waals surface area contributed by atoms with E-state index in [1.165, 1.54) is 11.4 Å². The van der Waals surface area contributed by atoms with Gasteiger partial charge in [0.15, 0.2) is 0 Å². The zero-order valence-electron chi connectivity index (χ0n) is 13.2. The number of nitrogens with zero attached hydrogens (tertiary/aromatic N) is 3. The number of anilines is 1. The topological polar surface area (TPSA) is 53.3 Å². The Morgan fingerprint density at radius 3 is 2.85 bits per heavy atom. The molecular weight excluding hydrogens is 252 g/mol. The fourth-order valence-electron chi connectivity index (χ4n) is 3.01. The van der Waals surface area contributed by atoms with Crippen molar-refractivity contribution in [3.8, 4) is 0 Å². The smallest absolute Gasteiger partial charge is 0.131 e. The third-order valence-corrected chi connectivity index (χ3v) is 4.20. The Labute approximate surface area is 122 Å². The number of aromatic nitrogens is 2. The Kier molecular flexibility index (Phi) is 5.05. The van der Waals surface area contributed by atoms with E-state index in [9.17, 15) is 5.11 Å². The molecule has 0 spiro atoms. The van der Waals surface area contributed by atoms with Crippen molar-refractivity contribution in [3.63, 3.8) is 0 Å². The van der Waals surface area contributed by atoms with Crippen molar-refractivity contribution in [2.45, 2.75) is 46.3 Å². The zero-order valence-corrected chi connectivity index (χ0v) is 13.2. The van der Waals surface area contributed by atoms with Gasteiger partial charge in [0.05, 0.1) is 11.8 Å². The molecule has 2 rings (SSSR count). The number of nitrogens with one attached hydrogen (secondary N) is 1. The van der Waals surface area contributed by atoms with Crippen LogP contribution in [0.5, 0.6) is 0 Å². The Morgan fingerprint density at radius 2 is 2.20 bits per heavy atom. The van der Waals surface area contributed by atoms with Crippen LogP contribution in [-0.4, -0.2) is 40.6 Å². The molecule has 2 heterocycles. The summed E-state index contributed by atoms with van der Waals surface area (Å²) >= 11 is 0. The molecule has 5 nitrogen and oxygen atoms in total. The predicted molar refractivity (Wildman–Crippen MR) is 81.9 cm³/mol. The maximum Gasteiger partial charge on any atom is 0.131 e. The zero-order chi connectivity index (χ0) is 14.7. The second-order valence-corrected chi connectivity index (χ2v) is 5.97. The average molecular weight is 280 g/mol. The summed E-state index contributed by atoms with van der Waals surface area (Å²) in [5.74, 6) is 1.53. The number of hydrogen-bond donors (Lipinski definition) is 2. The van der Waals surface area contributed by atoms with Gasteiger partial charge in [0.2, 0.25) is 0 Å². The van der Waals surface area contributed by atoms with Crippen molar-refractivity contribution in [2.24, 2.45) is 13.0 Å². The summed E-state index contributed by atoms with van der Waals surface area (Å²) in [5.41, 5.74) is 2.40. The van der Waals surface area contributed by atoms with Crippen molar-refractivity contribution in [1.29, 1.82) is 0 Å². The highest BCUT2D eigenvalue weighted by molar-refractivity contribution is 5.50. The molecular formula is C15H28N4O. The van der Waals surface area contributed by atoms with Crippen LogP contribution in [-0.2, 0) is 13.6 Å². The lowest BCUT2D eigenvalue weighted by atomic mass is 9.96. The molecule has 2 N–H and O–H groups in total. The van der Waals surface area contributed by atoms with Gasteiger partial charge < -0.3 is 15.3 Å². The van der Waals surface area contributed by atoms with Gasteiger partial charge in [0.25, 0.3) is 0 Å². The maximum atomic E-state index is 9.90. The molecule has 114 valence electrons. The number of rotatable bonds is 5. The van der Waals surface area contributed by atoms with E-state index in [1.54, 1.807) is 0 Å². The Bertz CT molecular complexity index is 443. The fourth-order valence-corrected chi connectivity index (χ4v) is 3.01. The number of aliphatic hydroxyl groups is 1. The van der Waals surface area contributed by atoms with E-state index in [0.717, 1.165) is 44.7 Å². The van der Waals surface area contributed by atoms with Crippen molar-refractivity contribution in [1.82, 2.24) is 15.1 Å². The average Bonchev–Trinajstić information content (AvgIpc) is 2.68. The molecule has 1 aliphatic heterocycles. The van der Waals surface area contributed by atoms with Gasteiger partial charge in [-0.25, -0.2) is 0 Å². The molecule has 0 radical (unpaired) electrons. The first-order valence-electron chi connectivity index (χ1n) is 7.70. The van der Waals surface area contributed by atoms with Crippen LogP contribution >= 0.6 is 0 Å². The number of hydrogen-bond acceptors (Lipinski definition) is 4. The molecule has 1 aromatic rings. The molecule has 20 heavy (non-hydrogen) atoms. The van der Waals surface area contributed by atoms with Crippen LogP contribution in [0.3, 0.4) is 0 Å². The highest BCUT2D eigenvalue weighted by atomic mass is 16.3. The maximum absolute atomic E-state index is 9.90. The SMILES string of the molecule is CCCNCc1c(C)nn(C)c1N1CCC(O)C(C)C1. The van der Waals surface area contributed by atoms with Crippen molar-refractivity contribution >= 4 is 5.82 Å². The molecule has 1 aromatic heterocycles. The molecule has 2 atom stereocenters. The van der Waals surface area contributed by atoms with Crippen LogP contribution in [0.25, 0.3) is 0 Å². The van der Waals surface area contributed by atoms with Crippen LogP contribution in [0.15, 0.2) is 0 Å². The van der Waals surface area contributed by atoms with Gasteiger partial charge in [-0.1, -0.05) is 13.8 Å². The molecule has 0 bridgehead atoms. The predicted octanol–water partition coefficient (Wildman–Crippen LogP) is 1.44. The standard InChI is InChI=1S/C15H28N4O/c1-5-7-16-9-13-12(3)17-18(4)15(13)19-8-6-14(20)11(2)10-19/h11,14,16,20H,5-10H2,1-4H3. The first kappa shape index (κ1) is 15.3. The minimum Gasteiger partial charge on any atom is -0.393 e. The van der Waals surface area contributed by atoms with Crippen LogP contribution < -0.4 is 10.2 Å². The van der Waals surface area contributed by atoms with E-state index in [-0.39, 0.29) is 6.10 Å². The molecule has 1 saturated heterocycles. The minimum absolute atomic E-state index is 0.165. The lowest BCUT2D eigenvalue weighted by molar-refractivity contribution is 0.0966. The highest BCUT2D eigenvalue weighted by Gasteiger charge is 2.28. The van der Waals surface area contributed by atoms with Gasteiger partial charge in [-0.05, 0) is 32.2 Å². The van der Waals surface area contributed by atoms with E-state index in [4.69, 9.17) is 0 Å². The highest BCUT2D eigenvalue weighted by Crippen LogP contribution is 2.28. The summed E-state index contributed by atoms with van der Waals surface area (Å²) < 4.78 is 1.99. The summed E-state index contributed by atoms with van der Waals surface area (Å²) in [6.07, 6.45) is 1.82. The summed E-state index contributed by atoms with van der Waals surface area (Å²) in [4.78, 5) is 2.38. The van der Waals surface area contributed by atoms with Gasteiger partial charge >= 0.3 is 0 Å². The second kappa shape index (κ2) is 6.59. The summed E-state index contributed by atoms with van der Waals surface area (Å²) in [5, 5.41) is 18.0. The molecule has 0 saturated carbocycles. The summed E-state index contributed by atoms with van der Waals surface area (Å²) in [6, 6.07) is 0. The van der Waals surface area contributed by atoms with Crippen molar-refractivity contribution in [3.05, 3.63) is 11.3 Å². The normalized spacial score (nSPS) is 23.4. The number of aryl methyl sites for hydroxylation is 2. The van der Waals surface area contributed by atoms with Gasteiger partial charge in [0.1, 0.15) is 5.82 Å². The number of aliphatic hydroxyl groups excluding tert-OH is 1. The first-order chi connectivity index (χ1) is 9.54. The van der Waals surface area contributed by atoms with E-state index >= 15 is 0 Å². The molecule has 1 fully saturated rings. The van der Waals surface area contributed by atoms with Crippen LogP contribution in [0.4, 0.5) is 5.82 Å². The van der Waals surface area contributed by atoms with Crippen molar-refractivity contribution < 1.29 is 5.11 Å². The minimum atomic E-state index is -0.165. The summed E-state index contributed by atoms with van der Waals surface area (Å²) in [7, 11) is 2.02. The lowest BCUT2D eigenvalue weighted by Gasteiger charge is -2.36. The molecule has 0 aliphatic carbocycles. The third kappa shape index (κ3) is 3.15. The van der Waals surface area contributed by atoms with E-state index in [2.05, 4.69) is 36.1 Å². The number of piperidine rings is 1. The Morgan fingerprint density at radius 1 is 1.45 bits per heavy atom.